The fourth-order valence-corrected chi connectivity index (χ4v) is 4.15. The quantitative estimate of drug-likeness (QED) is 0.532. The Morgan fingerprint density at radius 3 is 2.42 bits per heavy atom. The number of phenols is 1. The maximum atomic E-state index is 12.4. The lowest BCUT2D eigenvalue weighted by Gasteiger charge is -2.14. The fourth-order valence-electron chi connectivity index (χ4n) is 4.15. The summed E-state index contributed by atoms with van der Waals surface area (Å²) in [5.74, 6) is 1.08. The molecule has 164 valence electrons. The van der Waals surface area contributed by atoms with Crippen LogP contribution in [0.2, 0.25) is 0 Å². The molecule has 1 heterocycles. The average Bonchev–Trinajstić information content (AvgIpc) is 3.03. The summed E-state index contributed by atoms with van der Waals surface area (Å²) in [6.07, 6.45) is 2.47. The summed E-state index contributed by atoms with van der Waals surface area (Å²) in [7, 11) is 3.24. The van der Waals surface area contributed by atoms with Gasteiger partial charge < -0.3 is 24.9 Å². The highest BCUT2D eigenvalue weighted by atomic mass is 16.5. The Morgan fingerprint density at radius 1 is 1.06 bits per heavy atom. The second kappa shape index (κ2) is 9.60. The van der Waals surface area contributed by atoms with Crippen molar-refractivity contribution in [3.05, 3.63) is 65.0 Å². The number of benzene rings is 2. The van der Waals surface area contributed by atoms with E-state index < -0.39 is 5.91 Å². The number of ether oxygens (including phenoxy) is 2. The van der Waals surface area contributed by atoms with Crippen molar-refractivity contribution in [2.45, 2.75) is 39.7 Å². The normalized spacial score (nSPS) is 10.8. The monoisotopic (exact) mass is 422 g/mol. The number of hydrogen-bond donors (Lipinski definition) is 2. The highest BCUT2D eigenvalue weighted by Crippen LogP contribution is 2.35. The molecule has 2 aromatic carbocycles. The van der Waals surface area contributed by atoms with Crippen LogP contribution in [0, 0.1) is 6.92 Å². The van der Waals surface area contributed by atoms with Gasteiger partial charge in [0.05, 0.1) is 19.8 Å². The van der Waals surface area contributed by atoms with Crippen molar-refractivity contribution in [3.63, 3.8) is 0 Å². The summed E-state index contributed by atoms with van der Waals surface area (Å²) in [6, 6.07) is 12.9. The smallest absolute Gasteiger partial charge is 0.251 e. The van der Waals surface area contributed by atoms with Crippen molar-refractivity contribution in [1.82, 2.24) is 4.57 Å². The number of primary amides is 1. The number of aromatic hydroxyl groups is 1. The van der Waals surface area contributed by atoms with Crippen LogP contribution in [0.5, 0.6) is 17.2 Å². The maximum absolute atomic E-state index is 12.4. The van der Waals surface area contributed by atoms with Gasteiger partial charge in [0.2, 0.25) is 0 Å². The number of aromatic nitrogens is 1. The SMILES string of the molecule is CCCc1c(-c2cccc(O)c2)c(C(N)=O)c(C)n1CCc1ccc(OC)c(OC)c1. The van der Waals surface area contributed by atoms with E-state index >= 15 is 0 Å². The Bertz CT molecular complexity index is 1090. The third-order valence-electron chi connectivity index (χ3n) is 5.57. The Labute approximate surface area is 183 Å². The first kappa shape index (κ1) is 22.3. The molecule has 6 heteroatoms. The first-order chi connectivity index (χ1) is 14.9. The first-order valence-electron chi connectivity index (χ1n) is 10.4. The number of carbonyl (C=O) groups excluding carboxylic acids is 1. The Balaban J connectivity index is 2.06. The molecule has 1 amide bonds. The van der Waals surface area contributed by atoms with Gasteiger partial charge in [-0.3, -0.25) is 4.79 Å². The Morgan fingerprint density at radius 2 is 1.81 bits per heavy atom. The van der Waals surface area contributed by atoms with Crippen molar-refractivity contribution < 1.29 is 19.4 Å². The summed E-state index contributed by atoms with van der Waals surface area (Å²) < 4.78 is 12.9. The molecule has 3 rings (SSSR count). The van der Waals surface area contributed by atoms with E-state index in [9.17, 15) is 9.90 Å². The maximum Gasteiger partial charge on any atom is 0.251 e. The van der Waals surface area contributed by atoms with Crippen LogP contribution in [0.25, 0.3) is 11.1 Å². The standard InChI is InChI=1S/C25H30N2O4/c1-5-7-20-24(18-8-6-9-19(28)15-18)23(25(26)29)16(2)27(20)13-12-17-10-11-21(30-3)22(14-17)31-4/h6,8-11,14-15,28H,5,7,12-13H2,1-4H3,(H2,26,29). The molecule has 0 fully saturated rings. The molecule has 0 bridgehead atoms. The summed E-state index contributed by atoms with van der Waals surface area (Å²) in [4.78, 5) is 12.4. The number of carbonyl (C=O) groups is 1. The summed E-state index contributed by atoms with van der Waals surface area (Å²) in [6.45, 7) is 4.73. The van der Waals surface area contributed by atoms with E-state index in [-0.39, 0.29) is 5.75 Å². The zero-order chi connectivity index (χ0) is 22.5. The number of nitrogens with two attached hydrogens (primary N) is 1. The molecule has 0 atom stereocenters. The third kappa shape index (κ3) is 4.53. The zero-order valence-electron chi connectivity index (χ0n) is 18.6. The predicted molar refractivity (Wildman–Crippen MR) is 122 cm³/mol. The predicted octanol–water partition coefficient (Wildman–Crippen LogP) is 4.48. The van der Waals surface area contributed by atoms with Crippen LogP contribution in [0.3, 0.4) is 0 Å². The third-order valence-corrected chi connectivity index (χ3v) is 5.57. The molecule has 1 aromatic heterocycles. The van der Waals surface area contributed by atoms with Crippen LogP contribution < -0.4 is 15.2 Å². The molecule has 0 radical (unpaired) electrons. The Hall–Kier alpha value is -3.41. The van der Waals surface area contributed by atoms with Crippen molar-refractivity contribution in [2.75, 3.05) is 14.2 Å². The molecule has 0 unspecified atom stereocenters. The molecule has 6 nitrogen and oxygen atoms in total. The first-order valence-corrected chi connectivity index (χ1v) is 10.4. The van der Waals surface area contributed by atoms with Gasteiger partial charge in [0, 0.05) is 23.5 Å². The van der Waals surface area contributed by atoms with E-state index in [0.29, 0.717) is 23.6 Å². The molecular formula is C25H30N2O4. The molecule has 3 aromatic rings. The minimum atomic E-state index is -0.460. The number of hydrogen-bond acceptors (Lipinski definition) is 4. The molecule has 0 saturated carbocycles. The van der Waals surface area contributed by atoms with Gasteiger partial charge in [-0.05, 0) is 55.2 Å². The fraction of sp³-hybridized carbons (Fsp3) is 0.320. The van der Waals surface area contributed by atoms with Gasteiger partial charge in [-0.2, -0.15) is 0 Å². The van der Waals surface area contributed by atoms with E-state index in [4.69, 9.17) is 15.2 Å². The van der Waals surface area contributed by atoms with Gasteiger partial charge >= 0.3 is 0 Å². The van der Waals surface area contributed by atoms with E-state index in [1.165, 1.54) is 0 Å². The summed E-state index contributed by atoms with van der Waals surface area (Å²) in [5.41, 5.74) is 10.9. The lowest BCUT2D eigenvalue weighted by Crippen LogP contribution is -2.14. The Kier molecular flexibility index (Phi) is 6.90. The minimum absolute atomic E-state index is 0.158. The van der Waals surface area contributed by atoms with Crippen LogP contribution in [0.4, 0.5) is 0 Å². The van der Waals surface area contributed by atoms with Gasteiger partial charge in [-0.15, -0.1) is 0 Å². The number of phenolic OH excluding ortho intramolecular Hbond substituents is 1. The number of rotatable bonds is 9. The van der Waals surface area contributed by atoms with E-state index in [2.05, 4.69) is 11.5 Å². The van der Waals surface area contributed by atoms with Crippen LogP contribution >= 0.6 is 0 Å². The number of aryl methyl sites for hydroxylation is 1. The summed E-state index contributed by atoms with van der Waals surface area (Å²) in [5, 5.41) is 10.00. The van der Waals surface area contributed by atoms with Crippen molar-refractivity contribution in [1.29, 1.82) is 0 Å². The second-order valence-electron chi connectivity index (χ2n) is 7.54. The van der Waals surface area contributed by atoms with Crippen LogP contribution in [0.15, 0.2) is 42.5 Å². The molecule has 0 aliphatic carbocycles. The molecule has 0 aliphatic rings. The highest BCUT2D eigenvalue weighted by Gasteiger charge is 2.24. The van der Waals surface area contributed by atoms with Crippen molar-refractivity contribution >= 4 is 5.91 Å². The molecular weight excluding hydrogens is 392 g/mol. The van der Waals surface area contributed by atoms with Crippen LogP contribution in [-0.4, -0.2) is 29.8 Å². The topological polar surface area (TPSA) is 86.7 Å². The van der Waals surface area contributed by atoms with Crippen LogP contribution in [-0.2, 0) is 19.4 Å². The van der Waals surface area contributed by atoms with E-state index in [0.717, 1.165) is 47.3 Å². The van der Waals surface area contributed by atoms with Crippen LogP contribution in [0.1, 0.15) is 40.7 Å². The lowest BCUT2D eigenvalue weighted by molar-refractivity contribution is 0.1000. The summed E-state index contributed by atoms with van der Waals surface area (Å²) >= 11 is 0. The molecule has 0 aliphatic heterocycles. The number of nitrogens with zero attached hydrogens (tertiary/aromatic N) is 1. The van der Waals surface area contributed by atoms with E-state index in [1.807, 2.05) is 31.2 Å². The highest BCUT2D eigenvalue weighted by molar-refractivity contribution is 6.02. The average molecular weight is 423 g/mol. The van der Waals surface area contributed by atoms with Crippen molar-refractivity contribution in [3.8, 4) is 28.4 Å². The largest absolute Gasteiger partial charge is 0.508 e. The molecule has 0 spiro atoms. The van der Waals surface area contributed by atoms with Gasteiger partial charge in [-0.1, -0.05) is 31.5 Å². The molecule has 3 N–H and O–H groups in total. The van der Waals surface area contributed by atoms with E-state index in [1.54, 1.807) is 32.4 Å². The van der Waals surface area contributed by atoms with Gasteiger partial charge in [0.15, 0.2) is 11.5 Å². The van der Waals surface area contributed by atoms with Gasteiger partial charge in [0.25, 0.3) is 5.91 Å². The molecule has 31 heavy (non-hydrogen) atoms. The lowest BCUT2D eigenvalue weighted by atomic mass is 9.98. The minimum Gasteiger partial charge on any atom is -0.508 e. The number of methoxy groups -OCH3 is 2. The zero-order valence-corrected chi connectivity index (χ0v) is 18.6. The van der Waals surface area contributed by atoms with Gasteiger partial charge in [-0.25, -0.2) is 0 Å². The number of amides is 1. The second-order valence-corrected chi connectivity index (χ2v) is 7.54. The van der Waals surface area contributed by atoms with Crippen molar-refractivity contribution in [2.24, 2.45) is 5.73 Å². The molecule has 0 saturated heterocycles. The van der Waals surface area contributed by atoms with Gasteiger partial charge in [0.1, 0.15) is 5.75 Å².